The first kappa shape index (κ1) is 14.1. The Morgan fingerprint density at radius 1 is 1.38 bits per heavy atom. The fourth-order valence-corrected chi connectivity index (χ4v) is 3.97. The highest BCUT2D eigenvalue weighted by Crippen LogP contribution is 2.39. The summed E-state index contributed by atoms with van der Waals surface area (Å²) in [6.07, 6.45) is 2.05. The second-order valence-electron chi connectivity index (χ2n) is 5.28. The van der Waals surface area contributed by atoms with E-state index in [1.807, 2.05) is 30.5 Å². The van der Waals surface area contributed by atoms with Crippen LogP contribution < -0.4 is 10.2 Å². The van der Waals surface area contributed by atoms with E-state index in [0.717, 1.165) is 31.5 Å². The molecule has 1 atom stereocenters. The standard InChI is InChI=1S/C17H19N3S/c1-19-9-7-16(17-6-3-11-21-17)20-10-8-14-13(12-18)4-2-5-15(14)20/h2-6,11,16,19H,7-10H2,1H3/t16-/m1/s1. The molecule has 0 amide bonds. The molecule has 2 heterocycles. The molecule has 4 heteroatoms. The number of hydrogen-bond acceptors (Lipinski definition) is 4. The minimum atomic E-state index is 0.396. The highest BCUT2D eigenvalue weighted by molar-refractivity contribution is 7.10. The van der Waals surface area contributed by atoms with Crippen molar-refractivity contribution in [1.29, 1.82) is 5.26 Å². The maximum absolute atomic E-state index is 9.28. The third kappa shape index (κ3) is 2.67. The predicted octanol–water partition coefficient (Wildman–Crippen LogP) is 3.33. The maximum Gasteiger partial charge on any atom is 0.0995 e. The molecule has 108 valence electrons. The molecule has 1 N–H and O–H groups in total. The van der Waals surface area contributed by atoms with Gasteiger partial charge in [0, 0.05) is 17.1 Å². The fourth-order valence-electron chi connectivity index (χ4n) is 3.10. The minimum Gasteiger partial charge on any atom is -0.363 e. The number of fused-ring (bicyclic) bond motifs is 1. The van der Waals surface area contributed by atoms with Crippen LogP contribution in [0, 0.1) is 11.3 Å². The van der Waals surface area contributed by atoms with Crippen LogP contribution in [0.4, 0.5) is 5.69 Å². The smallest absolute Gasteiger partial charge is 0.0995 e. The van der Waals surface area contributed by atoms with Gasteiger partial charge >= 0.3 is 0 Å². The SMILES string of the molecule is CNCC[C@H](c1cccs1)N1CCc2c(C#N)cccc21. The summed E-state index contributed by atoms with van der Waals surface area (Å²) in [5.41, 5.74) is 3.28. The third-order valence-electron chi connectivity index (χ3n) is 4.10. The maximum atomic E-state index is 9.28. The van der Waals surface area contributed by atoms with E-state index in [2.05, 4.69) is 39.9 Å². The average Bonchev–Trinajstić information content (AvgIpc) is 3.17. The Balaban J connectivity index is 1.95. The van der Waals surface area contributed by atoms with E-state index >= 15 is 0 Å². The lowest BCUT2D eigenvalue weighted by atomic mass is 10.1. The normalized spacial score (nSPS) is 14.8. The average molecular weight is 297 g/mol. The van der Waals surface area contributed by atoms with Crippen molar-refractivity contribution in [3.8, 4) is 6.07 Å². The number of nitrogens with zero attached hydrogens (tertiary/aromatic N) is 2. The van der Waals surface area contributed by atoms with Gasteiger partial charge in [0.15, 0.2) is 0 Å². The Labute approximate surface area is 129 Å². The van der Waals surface area contributed by atoms with Crippen LogP contribution >= 0.6 is 11.3 Å². The highest BCUT2D eigenvalue weighted by atomic mass is 32.1. The summed E-state index contributed by atoms with van der Waals surface area (Å²) in [7, 11) is 2.00. The molecule has 3 rings (SSSR count). The van der Waals surface area contributed by atoms with E-state index < -0.39 is 0 Å². The number of nitrogens with one attached hydrogen (secondary N) is 1. The van der Waals surface area contributed by atoms with Crippen LogP contribution in [0.1, 0.15) is 28.5 Å². The Hall–Kier alpha value is -1.83. The minimum absolute atomic E-state index is 0.396. The molecule has 0 radical (unpaired) electrons. The molecule has 2 aromatic rings. The van der Waals surface area contributed by atoms with Crippen LogP contribution in [0.2, 0.25) is 0 Å². The van der Waals surface area contributed by atoms with Crippen molar-refractivity contribution in [2.75, 3.05) is 25.0 Å². The first-order valence-corrected chi connectivity index (χ1v) is 8.19. The van der Waals surface area contributed by atoms with E-state index in [9.17, 15) is 5.26 Å². The molecule has 0 unspecified atom stereocenters. The van der Waals surface area contributed by atoms with E-state index in [1.165, 1.54) is 16.1 Å². The monoisotopic (exact) mass is 297 g/mol. The predicted molar refractivity (Wildman–Crippen MR) is 87.8 cm³/mol. The Bertz CT molecular complexity index is 643. The molecule has 1 aliphatic rings. The van der Waals surface area contributed by atoms with Crippen LogP contribution in [0.25, 0.3) is 0 Å². The van der Waals surface area contributed by atoms with E-state index in [-0.39, 0.29) is 0 Å². The largest absolute Gasteiger partial charge is 0.363 e. The Kier molecular flexibility index (Phi) is 4.23. The number of hydrogen-bond donors (Lipinski definition) is 1. The van der Waals surface area contributed by atoms with Crippen molar-refractivity contribution in [3.05, 3.63) is 51.7 Å². The number of rotatable bonds is 5. The van der Waals surface area contributed by atoms with Crippen LogP contribution in [0.3, 0.4) is 0 Å². The number of anilines is 1. The molecule has 1 aromatic heterocycles. The summed E-state index contributed by atoms with van der Waals surface area (Å²) in [5, 5.41) is 14.7. The van der Waals surface area contributed by atoms with Crippen molar-refractivity contribution in [2.24, 2.45) is 0 Å². The van der Waals surface area contributed by atoms with Crippen molar-refractivity contribution < 1.29 is 0 Å². The number of thiophene rings is 1. The summed E-state index contributed by atoms with van der Waals surface area (Å²) >= 11 is 1.82. The summed E-state index contributed by atoms with van der Waals surface area (Å²) in [4.78, 5) is 3.87. The third-order valence-corrected chi connectivity index (χ3v) is 5.07. The topological polar surface area (TPSA) is 39.1 Å². The lowest BCUT2D eigenvalue weighted by molar-refractivity contribution is 0.576. The molecule has 0 spiro atoms. The lowest BCUT2D eigenvalue weighted by Crippen LogP contribution is -2.28. The molecule has 3 nitrogen and oxygen atoms in total. The van der Waals surface area contributed by atoms with Gasteiger partial charge in [0.05, 0.1) is 17.7 Å². The van der Waals surface area contributed by atoms with Crippen LogP contribution in [0.5, 0.6) is 0 Å². The van der Waals surface area contributed by atoms with Crippen LogP contribution in [0.15, 0.2) is 35.7 Å². The molecular weight excluding hydrogens is 278 g/mol. The first-order valence-electron chi connectivity index (χ1n) is 7.31. The molecule has 1 aromatic carbocycles. The molecule has 0 fully saturated rings. The van der Waals surface area contributed by atoms with Gasteiger partial charge in [-0.25, -0.2) is 0 Å². The highest BCUT2D eigenvalue weighted by Gasteiger charge is 2.28. The van der Waals surface area contributed by atoms with Crippen LogP contribution in [-0.2, 0) is 6.42 Å². The summed E-state index contributed by atoms with van der Waals surface area (Å²) in [6, 6.07) is 13.1. The Morgan fingerprint density at radius 2 is 2.29 bits per heavy atom. The second kappa shape index (κ2) is 6.30. The summed E-state index contributed by atoms with van der Waals surface area (Å²) < 4.78 is 0. The molecule has 0 bridgehead atoms. The number of benzene rings is 1. The zero-order valence-electron chi connectivity index (χ0n) is 12.2. The zero-order valence-corrected chi connectivity index (χ0v) is 13.0. The molecule has 0 aliphatic carbocycles. The molecular formula is C17H19N3S. The van der Waals surface area contributed by atoms with Gasteiger partial charge in [0.25, 0.3) is 0 Å². The van der Waals surface area contributed by atoms with Gasteiger partial charge in [0.1, 0.15) is 0 Å². The summed E-state index contributed by atoms with van der Waals surface area (Å²) in [6.45, 7) is 1.99. The second-order valence-corrected chi connectivity index (χ2v) is 6.26. The number of nitriles is 1. The quantitative estimate of drug-likeness (QED) is 0.920. The van der Waals surface area contributed by atoms with Crippen molar-refractivity contribution in [3.63, 3.8) is 0 Å². The summed E-state index contributed by atoms with van der Waals surface area (Å²) in [5.74, 6) is 0. The van der Waals surface area contributed by atoms with E-state index in [0.29, 0.717) is 6.04 Å². The van der Waals surface area contributed by atoms with Gasteiger partial charge < -0.3 is 10.2 Å². The van der Waals surface area contributed by atoms with Gasteiger partial charge in [0.2, 0.25) is 0 Å². The van der Waals surface area contributed by atoms with Gasteiger partial charge in [-0.1, -0.05) is 12.1 Å². The van der Waals surface area contributed by atoms with Gasteiger partial charge in [-0.3, -0.25) is 0 Å². The van der Waals surface area contributed by atoms with E-state index in [1.54, 1.807) is 0 Å². The van der Waals surface area contributed by atoms with Gasteiger partial charge in [-0.2, -0.15) is 5.26 Å². The van der Waals surface area contributed by atoms with Crippen molar-refractivity contribution in [1.82, 2.24) is 5.32 Å². The molecule has 1 aliphatic heterocycles. The van der Waals surface area contributed by atoms with Crippen LogP contribution in [-0.4, -0.2) is 20.1 Å². The molecule has 0 saturated heterocycles. The van der Waals surface area contributed by atoms with Gasteiger partial charge in [-0.05, 0) is 55.6 Å². The van der Waals surface area contributed by atoms with Crippen molar-refractivity contribution in [2.45, 2.75) is 18.9 Å². The first-order chi connectivity index (χ1) is 10.3. The fraction of sp³-hybridized carbons (Fsp3) is 0.353. The Morgan fingerprint density at radius 3 is 3.00 bits per heavy atom. The van der Waals surface area contributed by atoms with Gasteiger partial charge in [-0.15, -0.1) is 11.3 Å². The molecule has 0 saturated carbocycles. The van der Waals surface area contributed by atoms with Crippen molar-refractivity contribution >= 4 is 17.0 Å². The molecule has 21 heavy (non-hydrogen) atoms. The van der Waals surface area contributed by atoms with E-state index in [4.69, 9.17) is 0 Å². The lowest BCUT2D eigenvalue weighted by Gasteiger charge is -2.30. The zero-order chi connectivity index (χ0) is 14.7.